The van der Waals surface area contributed by atoms with E-state index in [1.165, 1.54) is 54.4 Å². The van der Waals surface area contributed by atoms with Crippen molar-refractivity contribution in [1.82, 2.24) is 15.0 Å². The minimum Gasteiger partial charge on any atom is -0.455 e. The van der Waals surface area contributed by atoms with Crippen LogP contribution in [0.1, 0.15) is 25.0 Å². The Morgan fingerprint density at radius 3 is 1.82 bits per heavy atom. The maximum atomic E-state index is 6.84. The molecule has 56 heavy (non-hydrogen) atoms. The average Bonchev–Trinajstić information content (AvgIpc) is 3.75. The molecule has 4 heteroatoms. The van der Waals surface area contributed by atoms with Crippen LogP contribution in [0.5, 0.6) is 0 Å². The summed E-state index contributed by atoms with van der Waals surface area (Å²) in [5.74, 6) is 1.87. The van der Waals surface area contributed by atoms with Gasteiger partial charge in [0.2, 0.25) is 0 Å². The van der Waals surface area contributed by atoms with Gasteiger partial charge in [-0.1, -0.05) is 153 Å². The molecule has 11 aromatic rings. The van der Waals surface area contributed by atoms with Crippen LogP contribution in [0, 0.1) is 0 Å². The SMILES string of the molecule is CC1(C)c2ccccc2-c2c1cc(-c1nc(-c3ccc4ccccc4c3)nc(-c3ccc4ccc5ccc6ccccc6c5c4c3)n1)c1c2oc2ccccc21. The van der Waals surface area contributed by atoms with E-state index >= 15 is 0 Å². The van der Waals surface area contributed by atoms with Crippen LogP contribution in [-0.4, -0.2) is 15.0 Å². The Labute approximate surface area is 322 Å². The molecule has 1 aliphatic rings. The van der Waals surface area contributed by atoms with Crippen LogP contribution in [0.3, 0.4) is 0 Å². The lowest BCUT2D eigenvalue weighted by atomic mass is 9.81. The van der Waals surface area contributed by atoms with E-state index in [2.05, 4.69) is 172 Å². The summed E-state index contributed by atoms with van der Waals surface area (Å²) in [7, 11) is 0. The quantitative estimate of drug-likeness (QED) is 0.171. The molecule has 0 bridgehead atoms. The van der Waals surface area contributed by atoms with Crippen LogP contribution < -0.4 is 0 Å². The van der Waals surface area contributed by atoms with Gasteiger partial charge in [-0.05, 0) is 84.0 Å². The molecule has 2 aromatic heterocycles. The zero-order chi connectivity index (χ0) is 37.1. The van der Waals surface area contributed by atoms with Crippen LogP contribution in [0.15, 0.2) is 168 Å². The van der Waals surface area contributed by atoms with E-state index in [1.807, 2.05) is 6.07 Å². The molecule has 0 aliphatic heterocycles. The summed E-state index contributed by atoms with van der Waals surface area (Å²) in [6.07, 6.45) is 0. The second-order valence-electron chi connectivity index (χ2n) is 15.6. The number of para-hydroxylation sites is 1. The highest BCUT2D eigenvalue weighted by Gasteiger charge is 2.39. The first-order valence-corrected chi connectivity index (χ1v) is 19.2. The topological polar surface area (TPSA) is 51.8 Å². The minimum atomic E-state index is -0.257. The van der Waals surface area contributed by atoms with Gasteiger partial charge in [-0.2, -0.15) is 0 Å². The monoisotopic (exact) mass is 715 g/mol. The van der Waals surface area contributed by atoms with Gasteiger partial charge in [0.25, 0.3) is 0 Å². The molecule has 9 aromatic carbocycles. The summed E-state index contributed by atoms with van der Waals surface area (Å²) in [5.41, 5.74) is 9.13. The van der Waals surface area contributed by atoms with Crippen molar-refractivity contribution in [1.29, 1.82) is 0 Å². The lowest BCUT2D eigenvalue weighted by molar-refractivity contribution is 0.653. The first-order chi connectivity index (χ1) is 27.5. The molecule has 0 N–H and O–H groups in total. The second kappa shape index (κ2) is 11.4. The first-order valence-electron chi connectivity index (χ1n) is 19.2. The van der Waals surface area contributed by atoms with E-state index in [9.17, 15) is 0 Å². The zero-order valence-electron chi connectivity index (χ0n) is 30.8. The van der Waals surface area contributed by atoms with Gasteiger partial charge in [0, 0.05) is 38.4 Å². The summed E-state index contributed by atoms with van der Waals surface area (Å²) in [4.78, 5) is 16.0. The number of rotatable bonds is 3. The third-order valence-corrected chi connectivity index (χ3v) is 12.1. The van der Waals surface area contributed by atoms with E-state index in [-0.39, 0.29) is 5.41 Å². The smallest absolute Gasteiger partial charge is 0.164 e. The molecule has 2 heterocycles. The maximum absolute atomic E-state index is 6.84. The van der Waals surface area contributed by atoms with Crippen molar-refractivity contribution in [3.8, 4) is 45.3 Å². The van der Waals surface area contributed by atoms with E-state index in [0.717, 1.165) is 49.6 Å². The Kier molecular flexibility index (Phi) is 6.37. The minimum absolute atomic E-state index is 0.257. The van der Waals surface area contributed by atoms with Gasteiger partial charge in [0.15, 0.2) is 17.5 Å². The molecule has 0 saturated heterocycles. The Hall–Kier alpha value is -7.17. The maximum Gasteiger partial charge on any atom is 0.164 e. The summed E-state index contributed by atoms with van der Waals surface area (Å²) in [5, 5.41) is 11.6. The molecule has 262 valence electrons. The number of aromatic nitrogens is 3. The molecule has 0 atom stereocenters. The number of furan rings is 1. The molecule has 0 spiro atoms. The predicted molar refractivity (Wildman–Crippen MR) is 231 cm³/mol. The lowest BCUT2D eigenvalue weighted by Crippen LogP contribution is -2.15. The molecular weight excluding hydrogens is 683 g/mol. The van der Waals surface area contributed by atoms with Crippen LogP contribution in [0.2, 0.25) is 0 Å². The summed E-state index contributed by atoms with van der Waals surface area (Å²) in [6, 6.07) is 58.3. The van der Waals surface area contributed by atoms with Crippen LogP contribution in [0.25, 0.3) is 110 Å². The standard InChI is InChI=1S/C52H33N3O/c1-52(2)42-17-9-7-15-38(42)47-43(52)29-41(46-39-16-8-10-18-44(39)56-48(46)47)51-54-49(35-25-19-30-11-3-4-13-34(30)27-35)53-50(55-51)36-26-22-32-21-24-33-23-20-31-12-5-6-14-37(31)45(33)40(32)28-36/h3-29H,1-2H3. The van der Waals surface area contributed by atoms with E-state index in [4.69, 9.17) is 19.4 Å². The van der Waals surface area contributed by atoms with Gasteiger partial charge in [0.05, 0.1) is 0 Å². The van der Waals surface area contributed by atoms with E-state index in [0.29, 0.717) is 17.5 Å². The summed E-state index contributed by atoms with van der Waals surface area (Å²) >= 11 is 0. The van der Waals surface area contributed by atoms with Crippen LogP contribution in [-0.2, 0) is 5.41 Å². The Morgan fingerprint density at radius 2 is 1.00 bits per heavy atom. The van der Waals surface area contributed by atoms with Crippen molar-refractivity contribution in [2.75, 3.05) is 0 Å². The fourth-order valence-electron chi connectivity index (χ4n) is 9.28. The van der Waals surface area contributed by atoms with Gasteiger partial charge < -0.3 is 4.42 Å². The molecule has 0 radical (unpaired) electrons. The van der Waals surface area contributed by atoms with E-state index < -0.39 is 0 Å². The van der Waals surface area contributed by atoms with Crippen molar-refractivity contribution in [3.63, 3.8) is 0 Å². The van der Waals surface area contributed by atoms with Gasteiger partial charge in [-0.25, -0.2) is 15.0 Å². The predicted octanol–water partition coefficient (Wildman–Crippen LogP) is 13.7. The highest BCUT2D eigenvalue weighted by molar-refractivity contribution is 6.21. The molecule has 0 saturated carbocycles. The van der Waals surface area contributed by atoms with Gasteiger partial charge in [0.1, 0.15) is 11.2 Å². The fourth-order valence-corrected chi connectivity index (χ4v) is 9.28. The lowest BCUT2D eigenvalue weighted by Gasteiger charge is -2.22. The number of nitrogens with zero attached hydrogens (tertiary/aromatic N) is 3. The van der Waals surface area contributed by atoms with Crippen LogP contribution >= 0.6 is 0 Å². The molecular formula is C52H33N3O. The highest BCUT2D eigenvalue weighted by atomic mass is 16.3. The summed E-state index contributed by atoms with van der Waals surface area (Å²) < 4.78 is 6.84. The highest BCUT2D eigenvalue weighted by Crippen LogP contribution is 2.54. The van der Waals surface area contributed by atoms with E-state index in [1.54, 1.807) is 0 Å². The number of fused-ring (bicyclic) bond motifs is 13. The molecule has 0 unspecified atom stereocenters. The molecule has 0 fully saturated rings. The Balaban J connectivity index is 1.17. The third-order valence-electron chi connectivity index (χ3n) is 12.1. The van der Waals surface area contributed by atoms with Crippen molar-refractivity contribution in [3.05, 3.63) is 175 Å². The van der Waals surface area contributed by atoms with Crippen LogP contribution in [0.4, 0.5) is 0 Å². The number of benzene rings is 9. The zero-order valence-corrected chi connectivity index (χ0v) is 30.8. The van der Waals surface area contributed by atoms with Crippen molar-refractivity contribution in [2.24, 2.45) is 0 Å². The van der Waals surface area contributed by atoms with Gasteiger partial charge >= 0.3 is 0 Å². The number of hydrogen-bond donors (Lipinski definition) is 0. The fraction of sp³-hybridized carbons (Fsp3) is 0.0577. The number of hydrogen-bond acceptors (Lipinski definition) is 4. The first kappa shape index (κ1) is 31.2. The Bertz CT molecular complexity index is 3460. The van der Waals surface area contributed by atoms with Crippen molar-refractivity contribution >= 4 is 65.0 Å². The Morgan fingerprint density at radius 1 is 0.411 bits per heavy atom. The summed E-state index contributed by atoms with van der Waals surface area (Å²) in [6.45, 7) is 4.61. The molecule has 0 amide bonds. The molecule has 1 aliphatic carbocycles. The average molecular weight is 716 g/mol. The second-order valence-corrected chi connectivity index (χ2v) is 15.6. The van der Waals surface area contributed by atoms with Crippen molar-refractivity contribution < 1.29 is 4.42 Å². The normalized spacial score (nSPS) is 13.3. The third kappa shape index (κ3) is 4.44. The van der Waals surface area contributed by atoms with Crippen molar-refractivity contribution in [2.45, 2.75) is 19.3 Å². The molecule has 4 nitrogen and oxygen atoms in total. The largest absolute Gasteiger partial charge is 0.455 e. The van der Waals surface area contributed by atoms with Gasteiger partial charge in [-0.15, -0.1) is 0 Å². The molecule has 12 rings (SSSR count). The van der Waals surface area contributed by atoms with Gasteiger partial charge in [-0.3, -0.25) is 0 Å².